The number of fused-ring (bicyclic) bond motifs is 2. The third kappa shape index (κ3) is 2.13. The number of nitrogens with two attached hydrogens (primary N) is 1. The van der Waals surface area contributed by atoms with Gasteiger partial charge in [0, 0.05) is 18.5 Å². The van der Waals surface area contributed by atoms with Crippen LogP contribution in [0, 0.1) is 0 Å². The Bertz CT molecular complexity index is 790. The number of nitrogens with one attached hydrogen (secondary N) is 1. The number of aromatic nitrogens is 2. The normalized spacial score (nSPS) is 15.0. The summed E-state index contributed by atoms with van der Waals surface area (Å²) in [5, 5.41) is 8.17. The third-order valence-corrected chi connectivity index (χ3v) is 4.28. The van der Waals surface area contributed by atoms with Gasteiger partial charge in [0.1, 0.15) is 0 Å². The van der Waals surface area contributed by atoms with Gasteiger partial charge in [0.15, 0.2) is 0 Å². The Morgan fingerprint density at radius 2 is 2.00 bits per heavy atom. The molecule has 4 heteroatoms. The van der Waals surface area contributed by atoms with Crippen molar-refractivity contribution in [2.75, 3.05) is 17.2 Å². The van der Waals surface area contributed by atoms with Crippen LogP contribution in [0.3, 0.4) is 0 Å². The molecule has 106 valence electrons. The van der Waals surface area contributed by atoms with Gasteiger partial charge in [-0.25, -0.2) is 0 Å². The van der Waals surface area contributed by atoms with Crippen molar-refractivity contribution in [3.63, 3.8) is 0 Å². The van der Waals surface area contributed by atoms with Crippen LogP contribution in [0.25, 0.3) is 10.9 Å². The number of aromatic amines is 1. The molecule has 0 saturated heterocycles. The van der Waals surface area contributed by atoms with Crippen LogP contribution in [0.4, 0.5) is 11.4 Å². The maximum absolute atomic E-state index is 6.26. The Morgan fingerprint density at radius 3 is 2.90 bits per heavy atom. The summed E-state index contributed by atoms with van der Waals surface area (Å²) in [6.07, 6.45) is 4.10. The number of H-pyrrole nitrogens is 1. The quantitative estimate of drug-likeness (QED) is 0.672. The molecule has 0 unspecified atom stereocenters. The number of nitrogen functional groups attached to an aromatic ring is 1. The van der Waals surface area contributed by atoms with E-state index < -0.39 is 0 Å². The topological polar surface area (TPSA) is 57.9 Å². The first-order chi connectivity index (χ1) is 10.3. The second kappa shape index (κ2) is 4.81. The van der Waals surface area contributed by atoms with Crippen LogP contribution in [-0.4, -0.2) is 16.7 Å². The lowest BCUT2D eigenvalue weighted by Gasteiger charge is -2.24. The molecule has 0 atom stereocenters. The van der Waals surface area contributed by atoms with Gasteiger partial charge in [-0.15, -0.1) is 0 Å². The monoisotopic (exact) mass is 278 g/mol. The van der Waals surface area contributed by atoms with E-state index in [4.69, 9.17) is 5.73 Å². The lowest BCUT2D eigenvalue weighted by Crippen LogP contribution is -2.23. The zero-order valence-electron chi connectivity index (χ0n) is 11.8. The Hall–Kier alpha value is -2.49. The summed E-state index contributed by atoms with van der Waals surface area (Å²) >= 11 is 0. The number of rotatable bonds is 1. The van der Waals surface area contributed by atoms with E-state index in [0.29, 0.717) is 0 Å². The lowest BCUT2D eigenvalue weighted by atomic mass is 10.0. The van der Waals surface area contributed by atoms with Crippen molar-refractivity contribution in [2.45, 2.75) is 19.4 Å². The van der Waals surface area contributed by atoms with Crippen LogP contribution < -0.4 is 10.6 Å². The minimum absolute atomic E-state index is 0.822. The summed E-state index contributed by atoms with van der Waals surface area (Å²) in [5.74, 6) is 0. The number of benzene rings is 2. The van der Waals surface area contributed by atoms with Crippen molar-refractivity contribution in [3.05, 3.63) is 53.7 Å². The number of hydrogen-bond donors (Lipinski definition) is 2. The number of nitrogens with zero attached hydrogens (tertiary/aromatic N) is 2. The predicted octanol–water partition coefficient (Wildman–Crippen LogP) is 3.10. The second-order valence-electron chi connectivity index (χ2n) is 5.66. The molecule has 4 nitrogen and oxygen atoms in total. The summed E-state index contributed by atoms with van der Waals surface area (Å²) in [4.78, 5) is 2.38. The molecule has 21 heavy (non-hydrogen) atoms. The van der Waals surface area contributed by atoms with Gasteiger partial charge in [-0.3, -0.25) is 5.10 Å². The highest BCUT2D eigenvalue weighted by Gasteiger charge is 2.17. The van der Waals surface area contributed by atoms with E-state index in [-0.39, 0.29) is 0 Å². The average Bonchev–Trinajstić information content (AvgIpc) is 2.83. The fraction of sp³-hybridized carbons (Fsp3) is 0.235. The zero-order chi connectivity index (χ0) is 14.2. The van der Waals surface area contributed by atoms with Crippen molar-refractivity contribution >= 4 is 22.3 Å². The van der Waals surface area contributed by atoms with Gasteiger partial charge >= 0.3 is 0 Å². The van der Waals surface area contributed by atoms with Crippen molar-refractivity contribution in [2.24, 2.45) is 0 Å². The van der Waals surface area contributed by atoms with Gasteiger partial charge in [-0.2, -0.15) is 5.10 Å². The second-order valence-corrected chi connectivity index (χ2v) is 5.66. The van der Waals surface area contributed by atoms with Crippen LogP contribution >= 0.6 is 0 Å². The maximum atomic E-state index is 6.26. The number of hydrogen-bond acceptors (Lipinski definition) is 3. The van der Waals surface area contributed by atoms with Gasteiger partial charge in [0.2, 0.25) is 0 Å². The van der Waals surface area contributed by atoms with Crippen LogP contribution in [0.1, 0.15) is 17.5 Å². The summed E-state index contributed by atoms with van der Waals surface area (Å²) in [6.45, 7) is 1.94. The summed E-state index contributed by atoms with van der Waals surface area (Å²) in [6, 6.07) is 12.8. The summed E-state index contributed by atoms with van der Waals surface area (Å²) in [7, 11) is 0. The molecule has 0 saturated carbocycles. The lowest BCUT2D eigenvalue weighted by molar-refractivity contribution is 0.767. The van der Waals surface area contributed by atoms with Crippen LogP contribution in [0.2, 0.25) is 0 Å². The molecule has 1 aliphatic rings. The van der Waals surface area contributed by atoms with Gasteiger partial charge in [0.25, 0.3) is 0 Å². The highest BCUT2D eigenvalue weighted by Crippen LogP contribution is 2.31. The minimum Gasteiger partial charge on any atom is -0.397 e. The zero-order valence-corrected chi connectivity index (χ0v) is 11.8. The molecular formula is C17H18N4. The van der Waals surface area contributed by atoms with Crippen molar-refractivity contribution < 1.29 is 0 Å². The third-order valence-electron chi connectivity index (χ3n) is 4.28. The summed E-state index contributed by atoms with van der Waals surface area (Å²) in [5.41, 5.74) is 12.1. The molecule has 1 aromatic heterocycles. The molecule has 1 aliphatic heterocycles. The number of anilines is 2. The molecule has 2 heterocycles. The number of aryl methyl sites for hydroxylation is 1. The van der Waals surface area contributed by atoms with Gasteiger partial charge in [-0.05, 0) is 36.1 Å². The fourth-order valence-corrected chi connectivity index (χ4v) is 3.18. The Kier molecular flexibility index (Phi) is 2.81. The Morgan fingerprint density at radius 1 is 1.14 bits per heavy atom. The van der Waals surface area contributed by atoms with Crippen molar-refractivity contribution in [1.82, 2.24) is 10.2 Å². The fourth-order valence-electron chi connectivity index (χ4n) is 3.18. The first-order valence-corrected chi connectivity index (χ1v) is 7.35. The van der Waals surface area contributed by atoms with E-state index >= 15 is 0 Å². The van der Waals surface area contributed by atoms with Crippen LogP contribution in [0.5, 0.6) is 0 Å². The van der Waals surface area contributed by atoms with Crippen molar-refractivity contribution in [1.29, 1.82) is 0 Å². The van der Waals surface area contributed by atoms with Crippen molar-refractivity contribution in [3.8, 4) is 0 Å². The van der Waals surface area contributed by atoms with E-state index in [9.17, 15) is 0 Å². The van der Waals surface area contributed by atoms with E-state index in [1.807, 2.05) is 12.3 Å². The van der Waals surface area contributed by atoms with E-state index in [0.717, 1.165) is 48.2 Å². The molecule has 0 spiro atoms. The molecule has 2 aromatic carbocycles. The standard InChI is InChI=1S/C17H18N4/c18-15-8-14-10-19-20-16(14)9-17(15)21-7-3-6-12-4-1-2-5-13(12)11-21/h1-2,4-5,8-10H,3,6-7,11,18H2,(H,19,20). The molecule has 3 N–H and O–H groups in total. The first kappa shape index (κ1) is 12.3. The first-order valence-electron chi connectivity index (χ1n) is 7.35. The van der Waals surface area contributed by atoms with Gasteiger partial charge in [0.05, 0.1) is 23.1 Å². The SMILES string of the molecule is Nc1cc2cn[nH]c2cc1N1CCCc2ccccc2C1. The maximum Gasteiger partial charge on any atom is 0.0672 e. The highest BCUT2D eigenvalue weighted by atomic mass is 15.1. The highest BCUT2D eigenvalue weighted by molar-refractivity contribution is 5.88. The molecule has 0 bridgehead atoms. The molecule has 0 radical (unpaired) electrons. The minimum atomic E-state index is 0.822. The van der Waals surface area contributed by atoms with Crippen LogP contribution in [0.15, 0.2) is 42.6 Å². The van der Waals surface area contributed by atoms with E-state index in [2.05, 4.69) is 45.4 Å². The Labute approximate surface area is 123 Å². The largest absolute Gasteiger partial charge is 0.397 e. The molecular weight excluding hydrogens is 260 g/mol. The molecule has 0 fully saturated rings. The smallest absolute Gasteiger partial charge is 0.0672 e. The van der Waals surface area contributed by atoms with Crippen LogP contribution in [-0.2, 0) is 13.0 Å². The predicted molar refractivity (Wildman–Crippen MR) is 86.3 cm³/mol. The molecule has 3 aromatic rings. The van der Waals surface area contributed by atoms with Gasteiger partial charge in [-0.1, -0.05) is 24.3 Å². The average molecular weight is 278 g/mol. The summed E-state index contributed by atoms with van der Waals surface area (Å²) < 4.78 is 0. The van der Waals surface area contributed by atoms with E-state index in [1.165, 1.54) is 11.1 Å². The van der Waals surface area contributed by atoms with Gasteiger partial charge < -0.3 is 10.6 Å². The Balaban J connectivity index is 1.76. The molecule has 0 amide bonds. The molecule has 0 aliphatic carbocycles. The van der Waals surface area contributed by atoms with E-state index in [1.54, 1.807) is 0 Å². The molecule has 4 rings (SSSR count).